The van der Waals surface area contributed by atoms with E-state index in [9.17, 15) is 4.79 Å². The third-order valence-corrected chi connectivity index (χ3v) is 4.88. The first-order valence-corrected chi connectivity index (χ1v) is 8.97. The molecule has 27 heavy (non-hydrogen) atoms. The molecule has 0 unspecified atom stereocenters. The number of methoxy groups -OCH3 is 3. The van der Waals surface area contributed by atoms with Crippen LogP contribution >= 0.6 is 0 Å². The van der Waals surface area contributed by atoms with Crippen LogP contribution in [0.25, 0.3) is 0 Å². The summed E-state index contributed by atoms with van der Waals surface area (Å²) in [5.74, 6) is 1.66. The van der Waals surface area contributed by atoms with Crippen molar-refractivity contribution in [1.82, 2.24) is 5.32 Å². The Balaban J connectivity index is 1.66. The van der Waals surface area contributed by atoms with Gasteiger partial charge in [0.15, 0.2) is 11.5 Å². The van der Waals surface area contributed by atoms with Gasteiger partial charge in [-0.1, -0.05) is 18.2 Å². The van der Waals surface area contributed by atoms with Crippen LogP contribution in [0.15, 0.2) is 36.4 Å². The fourth-order valence-corrected chi connectivity index (χ4v) is 3.52. The van der Waals surface area contributed by atoms with Crippen LogP contribution < -0.4 is 24.4 Å². The number of rotatable bonds is 7. The van der Waals surface area contributed by atoms with E-state index in [4.69, 9.17) is 14.2 Å². The number of anilines is 1. The number of nitrogens with one attached hydrogen (secondary N) is 1. The Morgan fingerprint density at radius 1 is 1.11 bits per heavy atom. The quantitative estimate of drug-likeness (QED) is 0.812. The average molecular weight is 370 g/mol. The molecule has 6 heteroatoms. The number of amides is 1. The van der Waals surface area contributed by atoms with E-state index in [0.29, 0.717) is 36.4 Å². The molecular weight excluding hydrogens is 344 g/mol. The Bertz CT molecular complexity index is 797. The van der Waals surface area contributed by atoms with E-state index in [1.165, 1.54) is 5.56 Å². The summed E-state index contributed by atoms with van der Waals surface area (Å²) in [6.07, 6.45) is 0.969. The van der Waals surface area contributed by atoms with Crippen molar-refractivity contribution in [1.29, 1.82) is 0 Å². The highest BCUT2D eigenvalue weighted by Crippen LogP contribution is 2.38. The zero-order valence-electron chi connectivity index (χ0n) is 16.2. The van der Waals surface area contributed by atoms with Crippen LogP contribution in [0.1, 0.15) is 18.1 Å². The summed E-state index contributed by atoms with van der Waals surface area (Å²) in [4.78, 5) is 14.7. The van der Waals surface area contributed by atoms with Crippen molar-refractivity contribution in [3.63, 3.8) is 0 Å². The van der Waals surface area contributed by atoms with Crippen LogP contribution in [0.4, 0.5) is 5.69 Å². The SMILES string of the molecule is COc1cc(CNC(=O)CN2c3ccccc3C[C@@H]2C)cc(OC)c1OC. The molecule has 0 saturated heterocycles. The van der Waals surface area contributed by atoms with Crippen molar-refractivity contribution in [2.24, 2.45) is 0 Å². The number of carbonyl (C=O) groups is 1. The average Bonchev–Trinajstić information content (AvgIpc) is 3.00. The van der Waals surface area contributed by atoms with Gasteiger partial charge >= 0.3 is 0 Å². The van der Waals surface area contributed by atoms with Crippen molar-refractivity contribution in [2.75, 3.05) is 32.8 Å². The second kappa shape index (κ2) is 8.20. The van der Waals surface area contributed by atoms with Crippen molar-refractivity contribution in [2.45, 2.75) is 25.9 Å². The lowest BCUT2D eigenvalue weighted by molar-refractivity contribution is -0.120. The van der Waals surface area contributed by atoms with Gasteiger partial charge in [0.1, 0.15) is 0 Å². The molecule has 2 aromatic rings. The predicted molar refractivity (Wildman–Crippen MR) is 105 cm³/mol. The van der Waals surface area contributed by atoms with E-state index in [1.807, 2.05) is 24.3 Å². The van der Waals surface area contributed by atoms with Gasteiger partial charge in [-0.15, -0.1) is 0 Å². The lowest BCUT2D eigenvalue weighted by Gasteiger charge is -2.24. The fraction of sp³-hybridized carbons (Fsp3) is 0.381. The third-order valence-electron chi connectivity index (χ3n) is 4.88. The molecule has 3 rings (SSSR count). The first-order chi connectivity index (χ1) is 13.1. The van der Waals surface area contributed by atoms with Crippen molar-refractivity contribution in [3.8, 4) is 17.2 Å². The van der Waals surface area contributed by atoms with Gasteiger partial charge in [0.2, 0.25) is 11.7 Å². The van der Waals surface area contributed by atoms with Crippen LogP contribution in [-0.2, 0) is 17.8 Å². The summed E-state index contributed by atoms with van der Waals surface area (Å²) in [7, 11) is 4.72. The molecular formula is C21H26N2O4. The summed E-state index contributed by atoms with van der Waals surface area (Å²) in [5.41, 5.74) is 3.32. The zero-order valence-corrected chi connectivity index (χ0v) is 16.2. The molecule has 1 N–H and O–H groups in total. The minimum atomic E-state index is -0.0210. The molecule has 1 amide bonds. The van der Waals surface area contributed by atoms with Crippen LogP contribution in [0, 0.1) is 0 Å². The lowest BCUT2D eigenvalue weighted by atomic mass is 10.1. The maximum atomic E-state index is 12.5. The summed E-state index contributed by atoms with van der Waals surface area (Å²) in [6.45, 7) is 2.87. The minimum absolute atomic E-state index is 0.0210. The lowest BCUT2D eigenvalue weighted by Crippen LogP contribution is -2.39. The first-order valence-electron chi connectivity index (χ1n) is 8.97. The third kappa shape index (κ3) is 3.94. The van der Waals surface area contributed by atoms with Gasteiger partial charge in [0, 0.05) is 18.3 Å². The summed E-state index contributed by atoms with van der Waals surface area (Å²) in [6, 6.07) is 12.3. The van der Waals surface area contributed by atoms with Crippen LogP contribution in [-0.4, -0.2) is 39.8 Å². The highest BCUT2D eigenvalue weighted by Gasteiger charge is 2.26. The van der Waals surface area contributed by atoms with Gasteiger partial charge in [-0.3, -0.25) is 4.79 Å². The second-order valence-electron chi connectivity index (χ2n) is 6.62. The molecule has 0 fully saturated rings. The van der Waals surface area contributed by atoms with Gasteiger partial charge in [-0.25, -0.2) is 0 Å². The zero-order chi connectivity index (χ0) is 19.4. The van der Waals surface area contributed by atoms with E-state index >= 15 is 0 Å². The number of benzene rings is 2. The van der Waals surface area contributed by atoms with Gasteiger partial charge in [-0.2, -0.15) is 0 Å². The molecule has 1 aliphatic rings. The Labute approximate surface area is 160 Å². The predicted octanol–water partition coefficient (Wildman–Crippen LogP) is 2.78. The number of nitrogens with zero attached hydrogens (tertiary/aromatic N) is 1. The molecule has 6 nitrogen and oxygen atoms in total. The van der Waals surface area contributed by atoms with Crippen LogP contribution in [0.3, 0.4) is 0 Å². The molecule has 2 aromatic carbocycles. The molecule has 0 spiro atoms. The highest BCUT2D eigenvalue weighted by molar-refractivity contribution is 5.82. The number of para-hydroxylation sites is 1. The molecule has 144 valence electrons. The van der Waals surface area contributed by atoms with Gasteiger partial charge in [0.25, 0.3) is 0 Å². The van der Waals surface area contributed by atoms with Gasteiger partial charge in [0.05, 0.1) is 27.9 Å². The number of fused-ring (bicyclic) bond motifs is 1. The molecule has 0 saturated carbocycles. The standard InChI is InChI=1S/C21H26N2O4/c1-14-9-16-7-5-6-8-17(16)23(14)13-20(24)22-12-15-10-18(25-2)21(27-4)19(11-15)26-3/h5-8,10-11,14H,9,12-13H2,1-4H3,(H,22,24)/t14-/m0/s1. The van der Waals surface area contributed by atoms with E-state index in [0.717, 1.165) is 17.7 Å². The minimum Gasteiger partial charge on any atom is -0.493 e. The van der Waals surface area contributed by atoms with E-state index in [1.54, 1.807) is 21.3 Å². The van der Waals surface area contributed by atoms with Crippen molar-refractivity contribution in [3.05, 3.63) is 47.5 Å². The first kappa shape index (κ1) is 18.9. The highest BCUT2D eigenvalue weighted by atomic mass is 16.5. The Kier molecular flexibility index (Phi) is 5.74. The molecule has 0 bridgehead atoms. The second-order valence-corrected chi connectivity index (χ2v) is 6.62. The summed E-state index contributed by atoms with van der Waals surface area (Å²) in [5, 5.41) is 2.98. The van der Waals surface area contributed by atoms with Crippen molar-refractivity contribution < 1.29 is 19.0 Å². The monoisotopic (exact) mass is 370 g/mol. The van der Waals surface area contributed by atoms with Gasteiger partial charge < -0.3 is 24.4 Å². The smallest absolute Gasteiger partial charge is 0.239 e. The summed E-state index contributed by atoms with van der Waals surface area (Å²) >= 11 is 0. The number of carbonyl (C=O) groups excluding carboxylic acids is 1. The molecule has 1 aliphatic heterocycles. The molecule has 0 aromatic heterocycles. The Morgan fingerprint density at radius 3 is 2.41 bits per heavy atom. The number of hydrogen-bond acceptors (Lipinski definition) is 5. The van der Waals surface area contributed by atoms with Gasteiger partial charge in [-0.05, 0) is 42.7 Å². The summed E-state index contributed by atoms with van der Waals surface area (Å²) < 4.78 is 16.1. The van der Waals surface area contributed by atoms with Crippen LogP contribution in [0.5, 0.6) is 17.2 Å². The normalized spacial score (nSPS) is 15.3. The Morgan fingerprint density at radius 2 is 1.78 bits per heavy atom. The van der Waals surface area contributed by atoms with Crippen LogP contribution in [0.2, 0.25) is 0 Å². The Hall–Kier alpha value is -2.89. The maximum Gasteiger partial charge on any atom is 0.239 e. The van der Waals surface area contributed by atoms with E-state index in [2.05, 4.69) is 29.3 Å². The largest absolute Gasteiger partial charge is 0.493 e. The fourth-order valence-electron chi connectivity index (χ4n) is 3.52. The molecule has 0 radical (unpaired) electrons. The number of ether oxygens (including phenoxy) is 3. The molecule has 1 heterocycles. The maximum absolute atomic E-state index is 12.5. The molecule has 0 aliphatic carbocycles. The van der Waals surface area contributed by atoms with Crippen molar-refractivity contribution >= 4 is 11.6 Å². The van der Waals surface area contributed by atoms with E-state index < -0.39 is 0 Å². The topological polar surface area (TPSA) is 60.0 Å². The number of hydrogen-bond donors (Lipinski definition) is 1. The molecule has 1 atom stereocenters. The van der Waals surface area contributed by atoms with E-state index in [-0.39, 0.29) is 5.91 Å².